The van der Waals surface area contributed by atoms with E-state index < -0.39 is 5.97 Å². The molecule has 0 fully saturated rings. The van der Waals surface area contributed by atoms with Crippen LogP contribution in [-0.2, 0) is 17.6 Å². The smallest absolute Gasteiger partial charge is 0.307 e. The fraction of sp³-hybridized carbons (Fsp3) is 0.278. The molecule has 0 saturated heterocycles. The highest BCUT2D eigenvalue weighted by molar-refractivity contribution is 5.71. The number of benzene rings is 2. The fourth-order valence-corrected chi connectivity index (χ4v) is 2.36. The molecule has 0 radical (unpaired) electrons. The van der Waals surface area contributed by atoms with Gasteiger partial charge in [0.2, 0.25) is 0 Å². The molecular formula is C18H20O2. The second-order valence-electron chi connectivity index (χ2n) is 5.36. The van der Waals surface area contributed by atoms with E-state index in [1.807, 2.05) is 62.4 Å². The van der Waals surface area contributed by atoms with Gasteiger partial charge in [0, 0.05) is 0 Å². The summed E-state index contributed by atoms with van der Waals surface area (Å²) >= 11 is 0. The number of carbonyl (C=O) groups is 1. The zero-order valence-corrected chi connectivity index (χ0v) is 12.0. The second-order valence-corrected chi connectivity index (χ2v) is 5.36. The molecule has 104 valence electrons. The summed E-state index contributed by atoms with van der Waals surface area (Å²) in [5.74, 6) is -1.10. The van der Waals surface area contributed by atoms with E-state index >= 15 is 0 Å². The highest BCUT2D eigenvalue weighted by Crippen LogP contribution is 2.18. The van der Waals surface area contributed by atoms with Crippen molar-refractivity contribution >= 4 is 5.97 Å². The van der Waals surface area contributed by atoms with Crippen molar-refractivity contribution in [3.05, 3.63) is 70.8 Å². The Morgan fingerprint density at radius 1 is 1.00 bits per heavy atom. The molecule has 0 bridgehead atoms. The second kappa shape index (κ2) is 6.38. The van der Waals surface area contributed by atoms with Crippen molar-refractivity contribution in [3.63, 3.8) is 0 Å². The third-order valence-electron chi connectivity index (χ3n) is 3.68. The summed E-state index contributed by atoms with van der Waals surface area (Å²) in [4.78, 5) is 11.5. The van der Waals surface area contributed by atoms with Crippen molar-refractivity contribution in [2.75, 3.05) is 0 Å². The third kappa shape index (κ3) is 3.70. The Kier molecular flexibility index (Phi) is 4.57. The SMILES string of the molecule is Cc1ccc(CC(Cc2ccccc2C)C(=O)O)cc1. The van der Waals surface area contributed by atoms with E-state index in [-0.39, 0.29) is 5.92 Å². The summed E-state index contributed by atoms with van der Waals surface area (Å²) in [5, 5.41) is 9.44. The van der Waals surface area contributed by atoms with Crippen LogP contribution in [0, 0.1) is 19.8 Å². The molecule has 0 amide bonds. The summed E-state index contributed by atoms with van der Waals surface area (Å²) in [6.45, 7) is 4.06. The summed E-state index contributed by atoms with van der Waals surface area (Å²) < 4.78 is 0. The summed E-state index contributed by atoms with van der Waals surface area (Å²) in [5.41, 5.74) is 4.55. The van der Waals surface area contributed by atoms with Crippen molar-refractivity contribution in [3.8, 4) is 0 Å². The molecule has 2 rings (SSSR count). The summed E-state index contributed by atoms with van der Waals surface area (Å²) in [7, 11) is 0. The number of hydrogen-bond donors (Lipinski definition) is 1. The molecule has 2 aromatic rings. The van der Waals surface area contributed by atoms with Gasteiger partial charge in [0.05, 0.1) is 5.92 Å². The molecule has 20 heavy (non-hydrogen) atoms. The van der Waals surface area contributed by atoms with Gasteiger partial charge in [-0.05, 0) is 43.4 Å². The largest absolute Gasteiger partial charge is 0.481 e. The first-order chi connectivity index (χ1) is 9.56. The molecule has 0 aliphatic heterocycles. The van der Waals surface area contributed by atoms with Gasteiger partial charge < -0.3 is 5.11 Å². The third-order valence-corrected chi connectivity index (χ3v) is 3.68. The predicted molar refractivity (Wildman–Crippen MR) is 80.9 cm³/mol. The van der Waals surface area contributed by atoms with Crippen LogP contribution in [0.15, 0.2) is 48.5 Å². The van der Waals surface area contributed by atoms with Crippen LogP contribution in [0.4, 0.5) is 0 Å². The highest BCUT2D eigenvalue weighted by atomic mass is 16.4. The lowest BCUT2D eigenvalue weighted by molar-refractivity contribution is -0.141. The Morgan fingerprint density at radius 3 is 2.25 bits per heavy atom. The van der Waals surface area contributed by atoms with Crippen LogP contribution in [0.5, 0.6) is 0 Å². The van der Waals surface area contributed by atoms with Gasteiger partial charge in [-0.3, -0.25) is 4.79 Å². The summed E-state index contributed by atoms with van der Waals surface area (Å²) in [6.07, 6.45) is 1.15. The Morgan fingerprint density at radius 2 is 1.65 bits per heavy atom. The molecule has 1 atom stereocenters. The molecule has 2 nitrogen and oxygen atoms in total. The van der Waals surface area contributed by atoms with Crippen LogP contribution < -0.4 is 0 Å². The van der Waals surface area contributed by atoms with E-state index in [2.05, 4.69) is 0 Å². The van der Waals surface area contributed by atoms with E-state index in [9.17, 15) is 9.90 Å². The van der Waals surface area contributed by atoms with E-state index in [0.717, 1.165) is 16.7 Å². The van der Waals surface area contributed by atoms with Crippen LogP contribution in [0.2, 0.25) is 0 Å². The molecule has 0 aliphatic carbocycles. The van der Waals surface area contributed by atoms with Gasteiger partial charge in [-0.25, -0.2) is 0 Å². The Bertz CT molecular complexity index is 585. The van der Waals surface area contributed by atoms with Gasteiger partial charge in [0.15, 0.2) is 0 Å². The highest BCUT2D eigenvalue weighted by Gasteiger charge is 2.19. The molecule has 0 aromatic heterocycles. The average molecular weight is 268 g/mol. The minimum Gasteiger partial charge on any atom is -0.481 e. The number of rotatable bonds is 5. The van der Waals surface area contributed by atoms with Gasteiger partial charge in [-0.15, -0.1) is 0 Å². The molecule has 1 unspecified atom stereocenters. The average Bonchev–Trinajstić information content (AvgIpc) is 2.42. The normalized spacial score (nSPS) is 12.1. The van der Waals surface area contributed by atoms with Crippen LogP contribution in [0.3, 0.4) is 0 Å². The maximum absolute atomic E-state index is 11.5. The predicted octanol–water partition coefficient (Wildman–Crippen LogP) is 3.79. The van der Waals surface area contributed by atoms with Crippen molar-refractivity contribution in [1.82, 2.24) is 0 Å². The first-order valence-electron chi connectivity index (χ1n) is 6.89. The number of hydrogen-bond acceptors (Lipinski definition) is 1. The van der Waals surface area contributed by atoms with Crippen LogP contribution in [0.1, 0.15) is 22.3 Å². The van der Waals surface area contributed by atoms with Crippen molar-refractivity contribution in [2.24, 2.45) is 5.92 Å². The summed E-state index contributed by atoms with van der Waals surface area (Å²) in [6, 6.07) is 16.1. The number of carboxylic acid groups (broad SMARTS) is 1. The Hall–Kier alpha value is -2.09. The van der Waals surface area contributed by atoms with E-state index in [0.29, 0.717) is 12.8 Å². The first-order valence-corrected chi connectivity index (χ1v) is 6.89. The lowest BCUT2D eigenvalue weighted by Gasteiger charge is -2.14. The number of aryl methyl sites for hydroxylation is 2. The number of carboxylic acids is 1. The van der Waals surface area contributed by atoms with Gasteiger partial charge >= 0.3 is 5.97 Å². The van der Waals surface area contributed by atoms with Crippen molar-refractivity contribution in [1.29, 1.82) is 0 Å². The van der Waals surface area contributed by atoms with E-state index in [1.54, 1.807) is 0 Å². The monoisotopic (exact) mass is 268 g/mol. The zero-order chi connectivity index (χ0) is 14.5. The molecule has 2 aromatic carbocycles. The standard InChI is InChI=1S/C18H20O2/c1-13-7-9-15(10-8-13)11-17(18(19)20)12-16-6-4-3-5-14(16)2/h3-10,17H,11-12H2,1-2H3,(H,19,20). The molecule has 2 heteroatoms. The van der Waals surface area contributed by atoms with Crippen LogP contribution in [-0.4, -0.2) is 11.1 Å². The van der Waals surface area contributed by atoms with Crippen molar-refractivity contribution < 1.29 is 9.90 Å². The van der Waals surface area contributed by atoms with Crippen molar-refractivity contribution in [2.45, 2.75) is 26.7 Å². The first kappa shape index (κ1) is 14.3. The molecule has 1 N–H and O–H groups in total. The molecular weight excluding hydrogens is 248 g/mol. The lowest BCUT2D eigenvalue weighted by Crippen LogP contribution is -2.19. The minimum absolute atomic E-state index is 0.376. The van der Waals surface area contributed by atoms with E-state index in [1.165, 1.54) is 5.56 Å². The maximum Gasteiger partial charge on any atom is 0.307 e. The minimum atomic E-state index is -0.728. The van der Waals surface area contributed by atoms with Gasteiger partial charge in [-0.2, -0.15) is 0 Å². The zero-order valence-electron chi connectivity index (χ0n) is 12.0. The molecule has 0 aliphatic rings. The fourth-order valence-electron chi connectivity index (χ4n) is 2.36. The lowest BCUT2D eigenvalue weighted by atomic mass is 9.91. The van der Waals surface area contributed by atoms with Gasteiger partial charge in [-0.1, -0.05) is 54.1 Å². The Labute approximate surface area is 120 Å². The quantitative estimate of drug-likeness (QED) is 0.895. The Balaban J connectivity index is 2.14. The number of aliphatic carboxylic acids is 1. The molecule has 0 heterocycles. The van der Waals surface area contributed by atoms with E-state index in [4.69, 9.17) is 0 Å². The molecule has 0 saturated carbocycles. The molecule has 0 spiro atoms. The van der Waals surface area contributed by atoms with Gasteiger partial charge in [0.25, 0.3) is 0 Å². The van der Waals surface area contributed by atoms with Gasteiger partial charge in [0.1, 0.15) is 0 Å². The van der Waals surface area contributed by atoms with Crippen LogP contribution >= 0.6 is 0 Å². The van der Waals surface area contributed by atoms with Crippen LogP contribution in [0.25, 0.3) is 0 Å². The maximum atomic E-state index is 11.5. The topological polar surface area (TPSA) is 37.3 Å².